The van der Waals surface area contributed by atoms with E-state index in [9.17, 15) is 9.36 Å². The van der Waals surface area contributed by atoms with Crippen LogP contribution in [0.5, 0.6) is 0 Å². The maximum atomic E-state index is 10.6. The quantitative estimate of drug-likeness (QED) is 0.733. The fraction of sp³-hybridized carbons (Fsp3) is 0.222. The monoisotopic (exact) mass is 213 g/mol. The van der Waals surface area contributed by atoms with E-state index in [0.717, 1.165) is 5.56 Å². The highest BCUT2D eigenvalue weighted by atomic mass is 31.1. The molecule has 0 radical (unpaired) electrons. The summed E-state index contributed by atoms with van der Waals surface area (Å²) in [7, 11) is -2.30. The van der Waals surface area contributed by atoms with E-state index in [1.165, 1.54) is 12.1 Å². The first-order valence-electron chi connectivity index (χ1n) is 4.06. The summed E-state index contributed by atoms with van der Waals surface area (Å²) < 4.78 is 10.6. The fourth-order valence-corrected chi connectivity index (χ4v) is 1.45. The maximum absolute atomic E-state index is 10.6. The summed E-state index contributed by atoms with van der Waals surface area (Å²) in [6.07, 6.45) is 0.516. The molecule has 0 aromatic heterocycles. The van der Waals surface area contributed by atoms with Gasteiger partial charge < -0.3 is 5.11 Å². The lowest BCUT2D eigenvalue weighted by molar-refractivity contribution is -0.136. The van der Waals surface area contributed by atoms with Crippen LogP contribution in [0.25, 0.3) is 0 Å². The molecule has 4 nitrogen and oxygen atoms in total. The molecular formula is C9H10O4P+. The van der Waals surface area contributed by atoms with Crippen molar-refractivity contribution in [2.24, 2.45) is 0 Å². The molecule has 0 fully saturated rings. The first-order valence-corrected chi connectivity index (χ1v) is 5.27. The average Bonchev–Trinajstić information content (AvgIpc) is 2.15. The lowest BCUT2D eigenvalue weighted by atomic mass is 10.1. The zero-order valence-electron chi connectivity index (χ0n) is 7.38. The molecule has 1 rings (SSSR count). The summed E-state index contributed by atoms with van der Waals surface area (Å²) in [5.41, 5.74) is 0.855. The third-order valence-electron chi connectivity index (χ3n) is 1.78. The van der Waals surface area contributed by atoms with Gasteiger partial charge in [-0.25, -0.2) is 0 Å². The van der Waals surface area contributed by atoms with Gasteiger partial charge in [0.25, 0.3) is 0 Å². The molecule has 0 spiro atoms. The van der Waals surface area contributed by atoms with Gasteiger partial charge in [-0.3, -0.25) is 4.79 Å². The van der Waals surface area contributed by atoms with Crippen LogP contribution in [-0.2, 0) is 15.8 Å². The fourth-order valence-electron chi connectivity index (χ4n) is 1.04. The minimum absolute atomic E-state index is 0.0740. The van der Waals surface area contributed by atoms with E-state index in [0.29, 0.717) is 11.7 Å². The molecule has 0 bridgehead atoms. The van der Waals surface area contributed by atoms with Gasteiger partial charge in [0.2, 0.25) is 5.30 Å². The Morgan fingerprint density at radius 2 is 1.86 bits per heavy atom. The Labute approximate surface area is 82.1 Å². The van der Waals surface area contributed by atoms with E-state index < -0.39 is 14.0 Å². The van der Waals surface area contributed by atoms with Crippen LogP contribution in [0, 0.1) is 0 Å². The first-order chi connectivity index (χ1) is 6.59. The first kappa shape index (κ1) is 10.8. The molecule has 0 amide bonds. The van der Waals surface area contributed by atoms with Gasteiger partial charge in [-0.05, 0) is 28.7 Å². The second-order valence-corrected chi connectivity index (χ2v) is 3.90. The van der Waals surface area contributed by atoms with Crippen LogP contribution in [0.4, 0.5) is 0 Å². The van der Waals surface area contributed by atoms with Gasteiger partial charge in [-0.1, -0.05) is 12.1 Å². The molecule has 1 atom stereocenters. The summed E-state index contributed by atoms with van der Waals surface area (Å²) in [6, 6.07) is 6.41. The van der Waals surface area contributed by atoms with Crippen LogP contribution in [0.3, 0.4) is 0 Å². The number of rotatable bonds is 4. The number of aryl methyl sites for hydroxylation is 1. The molecule has 1 unspecified atom stereocenters. The zero-order valence-corrected chi connectivity index (χ0v) is 8.28. The Morgan fingerprint density at radius 3 is 2.29 bits per heavy atom. The topological polar surface area (TPSA) is 74.6 Å². The predicted molar refractivity (Wildman–Crippen MR) is 51.9 cm³/mol. The number of aliphatic carboxylic acids is 1. The molecule has 0 aliphatic heterocycles. The molecular weight excluding hydrogens is 203 g/mol. The van der Waals surface area contributed by atoms with E-state index in [1.807, 2.05) is 0 Å². The smallest absolute Gasteiger partial charge is 0.481 e. The minimum atomic E-state index is -2.30. The van der Waals surface area contributed by atoms with Gasteiger partial charge in [0.1, 0.15) is 0 Å². The van der Waals surface area contributed by atoms with Crippen molar-refractivity contribution < 1.29 is 19.4 Å². The normalized spacial score (nSPS) is 11.1. The molecule has 1 aromatic rings. The number of carbonyl (C=O) groups is 1. The average molecular weight is 213 g/mol. The van der Waals surface area contributed by atoms with E-state index in [4.69, 9.17) is 10.00 Å². The van der Waals surface area contributed by atoms with Crippen LogP contribution >= 0.6 is 8.03 Å². The Hall–Kier alpha value is -1.25. The van der Waals surface area contributed by atoms with Crippen molar-refractivity contribution in [3.05, 3.63) is 29.8 Å². The molecule has 1 aromatic carbocycles. The number of hydrogen-bond donors (Lipinski definition) is 2. The predicted octanol–water partition coefficient (Wildman–Crippen LogP) is 1.06. The second kappa shape index (κ2) is 4.84. The van der Waals surface area contributed by atoms with Crippen LogP contribution < -0.4 is 5.30 Å². The maximum Gasteiger partial charge on any atom is 0.546 e. The SMILES string of the molecule is O=C(O)CCc1ccc([P+](=O)O)cc1. The van der Waals surface area contributed by atoms with Crippen LogP contribution in [0.2, 0.25) is 0 Å². The largest absolute Gasteiger partial charge is 0.546 e. The van der Waals surface area contributed by atoms with E-state index >= 15 is 0 Å². The van der Waals surface area contributed by atoms with Crippen molar-refractivity contribution in [3.63, 3.8) is 0 Å². The van der Waals surface area contributed by atoms with Crippen molar-refractivity contribution in [1.82, 2.24) is 0 Å². The minimum Gasteiger partial charge on any atom is -0.481 e. The van der Waals surface area contributed by atoms with Crippen LogP contribution in [0.1, 0.15) is 12.0 Å². The van der Waals surface area contributed by atoms with Crippen LogP contribution in [-0.4, -0.2) is 16.0 Å². The molecule has 5 heteroatoms. The Morgan fingerprint density at radius 1 is 1.29 bits per heavy atom. The molecule has 0 heterocycles. The lowest BCUT2D eigenvalue weighted by Gasteiger charge is -1.96. The number of benzene rings is 1. The second-order valence-electron chi connectivity index (χ2n) is 2.83. The van der Waals surface area contributed by atoms with Gasteiger partial charge in [0.15, 0.2) is 0 Å². The van der Waals surface area contributed by atoms with Crippen molar-refractivity contribution in [2.75, 3.05) is 0 Å². The molecule has 0 saturated carbocycles. The van der Waals surface area contributed by atoms with E-state index in [-0.39, 0.29) is 6.42 Å². The standard InChI is InChI=1S/C9H9O4P/c10-9(11)6-3-7-1-4-8(5-2-7)14(12)13/h1-2,4-5H,3,6H2,(H-,10,11,12,13)/p+1. The van der Waals surface area contributed by atoms with Crippen LogP contribution in [0.15, 0.2) is 24.3 Å². The Balaban J connectivity index is 2.64. The molecule has 14 heavy (non-hydrogen) atoms. The number of carboxylic acid groups (broad SMARTS) is 1. The summed E-state index contributed by atoms with van der Waals surface area (Å²) >= 11 is 0. The van der Waals surface area contributed by atoms with Crippen molar-refractivity contribution in [2.45, 2.75) is 12.8 Å². The lowest BCUT2D eigenvalue weighted by Crippen LogP contribution is -2.00. The molecule has 2 N–H and O–H groups in total. The molecule has 0 saturated heterocycles. The Bertz CT molecular complexity index is 344. The highest BCUT2D eigenvalue weighted by molar-refractivity contribution is 7.47. The number of carboxylic acids is 1. The van der Waals surface area contributed by atoms with Crippen molar-refractivity contribution in [1.29, 1.82) is 0 Å². The Kier molecular flexibility index (Phi) is 3.74. The highest BCUT2D eigenvalue weighted by Crippen LogP contribution is 2.13. The molecule has 74 valence electrons. The third-order valence-corrected chi connectivity index (χ3v) is 2.52. The number of hydrogen-bond acceptors (Lipinski definition) is 2. The summed E-state index contributed by atoms with van der Waals surface area (Å²) in [6.45, 7) is 0. The van der Waals surface area contributed by atoms with Gasteiger partial charge in [-0.15, -0.1) is 0 Å². The van der Waals surface area contributed by atoms with Gasteiger partial charge >= 0.3 is 14.0 Å². The summed E-state index contributed by atoms with van der Waals surface area (Å²) in [5.74, 6) is -0.845. The van der Waals surface area contributed by atoms with Gasteiger partial charge in [0, 0.05) is 6.42 Å². The zero-order chi connectivity index (χ0) is 10.6. The summed E-state index contributed by atoms with van der Waals surface area (Å²) in [4.78, 5) is 19.0. The highest BCUT2D eigenvalue weighted by Gasteiger charge is 2.14. The third kappa shape index (κ3) is 3.24. The van der Waals surface area contributed by atoms with E-state index in [2.05, 4.69) is 0 Å². The molecule has 0 aliphatic rings. The van der Waals surface area contributed by atoms with Crippen molar-refractivity contribution >= 4 is 19.3 Å². The molecule has 0 aliphatic carbocycles. The summed E-state index contributed by atoms with van der Waals surface area (Å²) in [5, 5.41) is 8.79. The van der Waals surface area contributed by atoms with Crippen molar-refractivity contribution in [3.8, 4) is 0 Å². The van der Waals surface area contributed by atoms with Gasteiger partial charge in [0.05, 0.1) is 0 Å². The van der Waals surface area contributed by atoms with E-state index in [1.54, 1.807) is 12.1 Å². The van der Waals surface area contributed by atoms with Gasteiger partial charge in [-0.2, -0.15) is 4.89 Å².